The minimum Gasteiger partial charge on any atom is -0.369 e. The Morgan fingerprint density at radius 1 is 1.28 bits per heavy atom. The van der Waals surface area contributed by atoms with E-state index in [0.29, 0.717) is 25.9 Å². The molecule has 1 fully saturated rings. The van der Waals surface area contributed by atoms with Gasteiger partial charge in [-0.15, -0.1) is 0 Å². The third kappa shape index (κ3) is 5.59. The molecule has 25 heavy (non-hydrogen) atoms. The van der Waals surface area contributed by atoms with E-state index in [0.717, 1.165) is 24.1 Å². The predicted molar refractivity (Wildman–Crippen MR) is 95.1 cm³/mol. The van der Waals surface area contributed by atoms with Crippen LogP contribution in [-0.2, 0) is 27.5 Å². The number of hydrogen-bond donors (Lipinski definition) is 2. The molecular formula is C19H27N3O3. The first-order valence-corrected chi connectivity index (χ1v) is 8.79. The molecule has 1 heterocycles. The lowest BCUT2D eigenvalue weighted by Crippen LogP contribution is -2.39. The number of carbonyl (C=O) groups excluding carboxylic acids is 3. The number of carbonyl (C=O) groups is 3. The smallest absolute Gasteiger partial charge is 0.232 e. The van der Waals surface area contributed by atoms with Crippen molar-refractivity contribution >= 4 is 17.7 Å². The van der Waals surface area contributed by atoms with Gasteiger partial charge < -0.3 is 16.0 Å². The average molecular weight is 345 g/mol. The zero-order valence-electron chi connectivity index (χ0n) is 15.0. The van der Waals surface area contributed by atoms with Crippen LogP contribution in [0.3, 0.4) is 0 Å². The molecule has 6 heteroatoms. The van der Waals surface area contributed by atoms with E-state index < -0.39 is 11.8 Å². The maximum atomic E-state index is 12.2. The van der Waals surface area contributed by atoms with Crippen molar-refractivity contribution in [1.29, 1.82) is 0 Å². The van der Waals surface area contributed by atoms with E-state index in [1.54, 1.807) is 0 Å². The van der Waals surface area contributed by atoms with Gasteiger partial charge in [-0.25, -0.2) is 0 Å². The van der Waals surface area contributed by atoms with E-state index in [1.807, 2.05) is 43.0 Å². The lowest BCUT2D eigenvalue weighted by atomic mass is 9.95. The molecule has 0 radical (unpaired) electrons. The third-order valence-electron chi connectivity index (χ3n) is 4.37. The Bertz CT molecular complexity index is 643. The van der Waals surface area contributed by atoms with Crippen molar-refractivity contribution < 1.29 is 14.4 Å². The second-order valence-corrected chi connectivity index (χ2v) is 7.04. The highest BCUT2D eigenvalue weighted by molar-refractivity contribution is 5.99. The molecule has 1 aliphatic rings. The van der Waals surface area contributed by atoms with Gasteiger partial charge in [0.15, 0.2) is 0 Å². The summed E-state index contributed by atoms with van der Waals surface area (Å²) in [6, 6.07) is 7.78. The summed E-state index contributed by atoms with van der Waals surface area (Å²) in [5, 5.41) is 2.80. The fourth-order valence-corrected chi connectivity index (χ4v) is 3.07. The summed E-state index contributed by atoms with van der Waals surface area (Å²) >= 11 is 0. The van der Waals surface area contributed by atoms with Gasteiger partial charge >= 0.3 is 0 Å². The SMILES string of the molecule is CC(C)C[C@@H](C(N)=O)C(=O)NCc1cccc(CN2CCCC2=O)c1. The number of nitrogens with zero attached hydrogens (tertiary/aromatic N) is 1. The molecule has 1 aromatic carbocycles. The van der Waals surface area contributed by atoms with Crippen LogP contribution in [0, 0.1) is 11.8 Å². The molecule has 0 spiro atoms. The number of nitrogens with two attached hydrogens (primary N) is 1. The fourth-order valence-electron chi connectivity index (χ4n) is 3.07. The highest BCUT2D eigenvalue weighted by atomic mass is 16.2. The maximum Gasteiger partial charge on any atom is 0.232 e. The van der Waals surface area contributed by atoms with Gasteiger partial charge in [-0.2, -0.15) is 0 Å². The predicted octanol–water partition coefficient (Wildman–Crippen LogP) is 1.57. The van der Waals surface area contributed by atoms with E-state index in [4.69, 9.17) is 5.73 Å². The van der Waals surface area contributed by atoms with Crippen molar-refractivity contribution in [3.8, 4) is 0 Å². The van der Waals surface area contributed by atoms with Crippen molar-refractivity contribution in [3.63, 3.8) is 0 Å². The van der Waals surface area contributed by atoms with Crippen LogP contribution in [0.4, 0.5) is 0 Å². The topological polar surface area (TPSA) is 92.5 Å². The molecule has 1 saturated heterocycles. The van der Waals surface area contributed by atoms with Gasteiger partial charge in [0.2, 0.25) is 17.7 Å². The van der Waals surface area contributed by atoms with Crippen LogP contribution in [0.15, 0.2) is 24.3 Å². The molecule has 0 unspecified atom stereocenters. The summed E-state index contributed by atoms with van der Waals surface area (Å²) in [5.41, 5.74) is 7.32. The Morgan fingerprint density at radius 2 is 2.00 bits per heavy atom. The number of rotatable bonds is 8. The van der Waals surface area contributed by atoms with Crippen LogP contribution in [0.25, 0.3) is 0 Å². The van der Waals surface area contributed by atoms with Crippen LogP contribution in [-0.4, -0.2) is 29.2 Å². The zero-order valence-corrected chi connectivity index (χ0v) is 15.0. The average Bonchev–Trinajstić information content (AvgIpc) is 2.95. The summed E-state index contributed by atoms with van der Waals surface area (Å²) in [6.45, 7) is 5.63. The minimum atomic E-state index is -0.801. The second-order valence-electron chi connectivity index (χ2n) is 7.04. The molecule has 0 aliphatic carbocycles. The standard InChI is InChI=1S/C19H27N3O3/c1-13(2)9-16(18(20)24)19(25)21-11-14-5-3-6-15(10-14)12-22-8-4-7-17(22)23/h3,5-6,10,13,16H,4,7-9,11-12H2,1-2H3,(H2,20,24)(H,21,25)/t16-/m0/s1. The van der Waals surface area contributed by atoms with Gasteiger partial charge in [0.25, 0.3) is 0 Å². The molecule has 1 aliphatic heterocycles. The van der Waals surface area contributed by atoms with Crippen LogP contribution >= 0.6 is 0 Å². The van der Waals surface area contributed by atoms with Crippen LogP contribution in [0.1, 0.15) is 44.2 Å². The lowest BCUT2D eigenvalue weighted by Gasteiger charge is -2.17. The highest BCUT2D eigenvalue weighted by Gasteiger charge is 2.25. The van der Waals surface area contributed by atoms with Crippen LogP contribution in [0.2, 0.25) is 0 Å². The van der Waals surface area contributed by atoms with Crippen molar-refractivity contribution in [2.45, 2.75) is 46.2 Å². The summed E-state index contributed by atoms with van der Waals surface area (Å²) in [7, 11) is 0. The Balaban J connectivity index is 1.93. The number of hydrogen-bond acceptors (Lipinski definition) is 3. The van der Waals surface area contributed by atoms with Gasteiger partial charge in [0.05, 0.1) is 0 Å². The Hall–Kier alpha value is -2.37. The van der Waals surface area contributed by atoms with E-state index in [2.05, 4.69) is 5.32 Å². The number of benzene rings is 1. The van der Waals surface area contributed by atoms with Crippen molar-refractivity contribution in [1.82, 2.24) is 10.2 Å². The quantitative estimate of drug-likeness (QED) is 0.701. The molecule has 0 bridgehead atoms. The maximum absolute atomic E-state index is 12.2. The molecule has 2 rings (SSSR count). The highest BCUT2D eigenvalue weighted by Crippen LogP contribution is 2.16. The molecule has 136 valence electrons. The van der Waals surface area contributed by atoms with Crippen LogP contribution < -0.4 is 11.1 Å². The minimum absolute atomic E-state index is 0.191. The fraction of sp³-hybridized carbons (Fsp3) is 0.526. The number of likely N-dealkylation sites (tertiary alicyclic amines) is 1. The van der Waals surface area contributed by atoms with Gasteiger partial charge in [0.1, 0.15) is 5.92 Å². The van der Waals surface area contributed by atoms with E-state index >= 15 is 0 Å². The Labute approximate surface area is 148 Å². The van der Waals surface area contributed by atoms with E-state index in [-0.39, 0.29) is 17.7 Å². The normalized spacial score (nSPS) is 15.5. The molecule has 0 aromatic heterocycles. The van der Waals surface area contributed by atoms with Gasteiger partial charge in [-0.1, -0.05) is 38.1 Å². The van der Waals surface area contributed by atoms with Gasteiger partial charge in [-0.05, 0) is 29.9 Å². The molecule has 1 atom stereocenters. The summed E-state index contributed by atoms with van der Waals surface area (Å²) in [4.78, 5) is 37.3. The summed E-state index contributed by atoms with van der Waals surface area (Å²) < 4.78 is 0. The van der Waals surface area contributed by atoms with Crippen molar-refractivity contribution in [3.05, 3.63) is 35.4 Å². The monoisotopic (exact) mass is 345 g/mol. The van der Waals surface area contributed by atoms with Gasteiger partial charge in [0, 0.05) is 26.1 Å². The van der Waals surface area contributed by atoms with Crippen molar-refractivity contribution in [2.75, 3.05) is 6.54 Å². The van der Waals surface area contributed by atoms with Crippen molar-refractivity contribution in [2.24, 2.45) is 17.6 Å². The number of nitrogens with one attached hydrogen (secondary N) is 1. The Kier molecular flexibility index (Phi) is 6.56. The first kappa shape index (κ1) is 19.0. The zero-order chi connectivity index (χ0) is 18.4. The largest absolute Gasteiger partial charge is 0.369 e. The number of amides is 3. The van der Waals surface area contributed by atoms with E-state index in [1.165, 1.54) is 0 Å². The molecular weight excluding hydrogens is 318 g/mol. The summed E-state index contributed by atoms with van der Waals surface area (Å²) in [6.07, 6.45) is 1.98. The summed E-state index contributed by atoms with van der Waals surface area (Å²) in [5.74, 6) is -1.32. The molecule has 3 amide bonds. The molecule has 3 N–H and O–H groups in total. The van der Waals surface area contributed by atoms with Crippen LogP contribution in [0.5, 0.6) is 0 Å². The molecule has 1 aromatic rings. The molecule has 6 nitrogen and oxygen atoms in total. The van der Waals surface area contributed by atoms with E-state index in [9.17, 15) is 14.4 Å². The second kappa shape index (κ2) is 8.65. The number of primary amides is 1. The third-order valence-corrected chi connectivity index (χ3v) is 4.37. The first-order chi connectivity index (χ1) is 11.9. The Morgan fingerprint density at radius 3 is 2.60 bits per heavy atom. The molecule has 0 saturated carbocycles. The lowest BCUT2D eigenvalue weighted by molar-refractivity contribution is -0.134. The first-order valence-electron chi connectivity index (χ1n) is 8.79. The van der Waals surface area contributed by atoms with Gasteiger partial charge in [-0.3, -0.25) is 14.4 Å².